The molecule has 1 heteroatoms. The molecule has 10 aromatic rings. The highest BCUT2D eigenvalue weighted by Crippen LogP contribution is 2.58. The minimum Gasteiger partial charge on any atom is -0.310 e. The molecule has 0 N–H and O–H groups in total. The zero-order valence-corrected chi connectivity index (χ0v) is 36.9. The summed E-state index contributed by atoms with van der Waals surface area (Å²) in [6, 6.07) is 83.4. The van der Waals surface area contributed by atoms with Gasteiger partial charge in [0, 0.05) is 22.2 Å². The Balaban J connectivity index is 0.971. The molecule has 12 rings (SSSR count). The van der Waals surface area contributed by atoms with Gasteiger partial charge in [-0.3, -0.25) is 0 Å². The molecule has 310 valence electrons. The van der Waals surface area contributed by atoms with Gasteiger partial charge in [0.05, 0.1) is 11.1 Å². The molecule has 0 amide bonds. The van der Waals surface area contributed by atoms with Crippen LogP contribution in [0.15, 0.2) is 224 Å². The number of hydrogen-bond acceptors (Lipinski definition) is 1. The molecule has 0 aliphatic heterocycles. The Morgan fingerprint density at radius 1 is 0.400 bits per heavy atom. The van der Waals surface area contributed by atoms with Crippen molar-refractivity contribution in [2.24, 2.45) is 0 Å². The lowest BCUT2D eigenvalue weighted by molar-refractivity contribution is 0.490. The summed E-state index contributed by atoms with van der Waals surface area (Å²) < 4.78 is 0. The van der Waals surface area contributed by atoms with E-state index in [2.05, 4.69) is 255 Å². The molecule has 0 spiro atoms. The molecule has 0 saturated carbocycles. The van der Waals surface area contributed by atoms with Crippen molar-refractivity contribution in [3.8, 4) is 22.3 Å². The average Bonchev–Trinajstić information content (AvgIpc) is 3.84. The molecule has 1 nitrogen and oxygen atoms in total. The third-order valence-corrected chi connectivity index (χ3v) is 14.8. The molecule has 0 heterocycles. The molecule has 0 atom stereocenters. The van der Waals surface area contributed by atoms with Gasteiger partial charge in [-0.05, 0) is 126 Å². The van der Waals surface area contributed by atoms with E-state index in [-0.39, 0.29) is 5.41 Å². The maximum atomic E-state index is 2.51. The predicted octanol–water partition coefficient (Wildman–Crippen LogP) is 17.1. The molecule has 0 unspecified atom stereocenters. The number of benzene rings is 10. The zero-order chi connectivity index (χ0) is 43.5. The van der Waals surface area contributed by atoms with Gasteiger partial charge in [0.15, 0.2) is 0 Å². The Hall–Kier alpha value is -7.74. The van der Waals surface area contributed by atoms with Gasteiger partial charge in [0.1, 0.15) is 0 Å². The van der Waals surface area contributed by atoms with Crippen molar-refractivity contribution >= 4 is 50.8 Å². The molecular weight excluding hydrogens is 783 g/mol. The molecule has 2 aliphatic carbocycles. The fourth-order valence-electron chi connectivity index (χ4n) is 11.8. The molecule has 10 aromatic carbocycles. The van der Waals surface area contributed by atoms with Gasteiger partial charge in [0.2, 0.25) is 0 Å². The van der Waals surface area contributed by atoms with E-state index in [4.69, 9.17) is 0 Å². The summed E-state index contributed by atoms with van der Waals surface area (Å²) in [5, 5.41) is 5.03. The highest BCUT2D eigenvalue weighted by Gasteiger charge is 2.46. The van der Waals surface area contributed by atoms with E-state index in [9.17, 15) is 0 Å². The van der Waals surface area contributed by atoms with E-state index >= 15 is 0 Å². The lowest BCUT2D eigenvalue weighted by Gasteiger charge is -2.33. The molecule has 0 bridgehead atoms. The van der Waals surface area contributed by atoms with Crippen LogP contribution in [0.1, 0.15) is 71.2 Å². The van der Waals surface area contributed by atoms with E-state index in [1.807, 2.05) is 0 Å². The minimum absolute atomic E-state index is 0.129. The maximum Gasteiger partial charge on any atom is 0.0713 e. The lowest BCUT2D eigenvalue weighted by Crippen LogP contribution is -2.28. The molecule has 0 radical (unpaired) electrons. The second-order valence-electron chi connectivity index (χ2n) is 17.8. The molecule has 0 aromatic heterocycles. The summed E-state index contributed by atoms with van der Waals surface area (Å²) in [4.78, 5) is 2.48. The van der Waals surface area contributed by atoms with E-state index in [0.717, 1.165) is 18.5 Å². The average molecular weight is 832 g/mol. The summed E-state index contributed by atoms with van der Waals surface area (Å²) in [7, 11) is 0. The number of anilines is 3. The van der Waals surface area contributed by atoms with Gasteiger partial charge in [-0.15, -0.1) is 0 Å². The van der Waals surface area contributed by atoms with Crippen molar-refractivity contribution in [2.45, 2.75) is 37.5 Å². The Bertz CT molecular complexity index is 3410. The van der Waals surface area contributed by atoms with Crippen molar-refractivity contribution in [2.75, 3.05) is 4.90 Å². The Morgan fingerprint density at radius 2 is 0.985 bits per heavy atom. The molecule has 2 aliphatic rings. The highest BCUT2D eigenvalue weighted by atomic mass is 15.1. The first-order chi connectivity index (χ1) is 32.1. The van der Waals surface area contributed by atoms with Gasteiger partial charge < -0.3 is 4.90 Å². The van der Waals surface area contributed by atoms with E-state index < -0.39 is 5.41 Å². The fourth-order valence-corrected chi connectivity index (χ4v) is 11.8. The zero-order valence-electron chi connectivity index (χ0n) is 36.9. The van der Waals surface area contributed by atoms with Gasteiger partial charge in [-0.2, -0.15) is 0 Å². The third kappa shape index (κ3) is 5.85. The van der Waals surface area contributed by atoms with Crippen LogP contribution < -0.4 is 4.90 Å². The first kappa shape index (κ1) is 38.9. The van der Waals surface area contributed by atoms with Crippen LogP contribution in [0.5, 0.6) is 0 Å². The van der Waals surface area contributed by atoms with Crippen LogP contribution in [0.2, 0.25) is 0 Å². The van der Waals surface area contributed by atoms with E-state index in [1.54, 1.807) is 0 Å². The number of para-hydroxylation sites is 1. The Labute approximate surface area is 382 Å². The van der Waals surface area contributed by atoms with Crippen molar-refractivity contribution < 1.29 is 0 Å². The summed E-state index contributed by atoms with van der Waals surface area (Å²) in [6.45, 7) is 4.75. The monoisotopic (exact) mass is 831 g/mol. The van der Waals surface area contributed by atoms with Crippen LogP contribution in [-0.4, -0.2) is 0 Å². The van der Waals surface area contributed by atoms with E-state index in [1.165, 1.54) is 99.7 Å². The van der Waals surface area contributed by atoms with Crippen LogP contribution in [0.25, 0.3) is 56.0 Å². The van der Waals surface area contributed by atoms with Gasteiger partial charge in [-0.25, -0.2) is 0 Å². The third-order valence-electron chi connectivity index (χ3n) is 14.8. The largest absolute Gasteiger partial charge is 0.310 e. The summed E-state index contributed by atoms with van der Waals surface area (Å²) in [5.74, 6) is 0. The molecule has 0 saturated heterocycles. The SMILES string of the molecule is CCC1(CC)c2cc(/C=C/c3cccc4c3-c3ccccc3C4(c3ccccc3)c3ccccc3)ccc2-c2ccc(N(c3ccccc3)c3cc4ccccc4c4ccccc34)cc21. The Kier molecular flexibility index (Phi) is 9.28. The van der Waals surface area contributed by atoms with Crippen molar-refractivity contribution in [3.05, 3.63) is 269 Å². The van der Waals surface area contributed by atoms with Crippen molar-refractivity contribution in [1.29, 1.82) is 0 Å². The molecule has 65 heavy (non-hydrogen) atoms. The van der Waals surface area contributed by atoms with Gasteiger partial charge in [-0.1, -0.05) is 220 Å². The predicted molar refractivity (Wildman–Crippen MR) is 276 cm³/mol. The van der Waals surface area contributed by atoms with Gasteiger partial charge in [0.25, 0.3) is 0 Å². The van der Waals surface area contributed by atoms with Crippen LogP contribution in [0.3, 0.4) is 0 Å². The minimum atomic E-state index is -0.421. The fraction of sp³-hybridized carbons (Fsp3) is 0.0938. The lowest BCUT2D eigenvalue weighted by atomic mass is 9.67. The van der Waals surface area contributed by atoms with Crippen LogP contribution >= 0.6 is 0 Å². The molecular formula is C64H49N. The first-order valence-electron chi connectivity index (χ1n) is 23.2. The smallest absolute Gasteiger partial charge is 0.0713 e. The second-order valence-corrected chi connectivity index (χ2v) is 17.8. The normalized spacial score (nSPS) is 14.0. The number of nitrogens with zero attached hydrogens (tertiary/aromatic N) is 1. The van der Waals surface area contributed by atoms with E-state index in [0.29, 0.717) is 0 Å². The van der Waals surface area contributed by atoms with Crippen LogP contribution in [0, 0.1) is 0 Å². The van der Waals surface area contributed by atoms with Crippen molar-refractivity contribution in [1.82, 2.24) is 0 Å². The standard InChI is InChI=1S/C64H49N/c1-3-63(4-2)59-41-44(35-37-45-22-20-34-58-62(45)56-32-18-19-33-57(56)64(58,47-23-8-5-9-24-47)48-25-10-6-11-26-48)36-39-53(59)54-40-38-50(43-60(54)63)65(49-27-12-7-13-28-49)61-42-46-21-14-15-29-51(46)52-30-16-17-31-55(52)61/h5-43H,3-4H2,1-2H3/b37-35+. The molecule has 0 fully saturated rings. The summed E-state index contributed by atoms with van der Waals surface area (Å²) >= 11 is 0. The number of fused-ring (bicyclic) bond motifs is 9. The van der Waals surface area contributed by atoms with Crippen LogP contribution in [-0.2, 0) is 10.8 Å². The number of hydrogen-bond donors (Lipinski definition) is 0. The van der Waals surface area contributed by atoms with Gasteiger partial charge >= 0.3 is 0 Å². The Morgan fingerprint density at radius 3 is 1.71 bits per heavy atom. The number of rotatable bonds is 9. The quantitative estimate of drug-likeness (QED) is 0.103. The summed E-state index contributed by atoms with van der Waals surface area (Å²) in [6.07, 6.45) is 6.72. The summed E-state index contributed by atoms with van der Waals surface area (Å²) in [5.41, 5.74) is 18.8. The maximum absolute atomic E-state index is 2.51. The topological polar surface area (TPSA) is 3.24 Å². The van der Waals surface area contributed by atoms with Crippen molar-refractivity contribution in [3.63, 3.8) is 0 Å². The highest BCUT2D eigenvalue weighted by molar-refractivity contribution is 6.14. The second kappa shape index (κ2) is 15.5. The first-order valence-corrected chi connectivity index (χ1v) is 23.2. The van der Waals surface area contributed by atoms with Crippen LogP contribution in [0.4, 0.5) is 17.1 Å².